The molecule has 1 heterocycles. The molecule has 0 aromatic heterocycles. The number of rotatable bonds is 3. The quantitative estimate of drug-likeness (QED) is 0.855. The summed E-state index contributed by atoms with van der Waals surface area (Å²) in [5.41, 5.74) is 1.90. The maximum atomic E-state index is 13.3. The van der Waals surface area contributed by atoms with Crippen LogP contribution in [0.25, 0.3) is 0 Å². The first-order chi connectivity index (χ1) is 7.58. The monoisotopic (exact) mass is 227 g/mol. The summed E-state index contributed by atoms with van der Waals surface area (Å²) >= 11 is 0. The largest absolute Gasteiger partial charge is 0.390 e. The van der Waals surface area contributed by atoms with Crippen LogP contribution in [0.1, 0.15) is 18.1 Å². The van der Waals surface area contributed by atoms with E-state index in [9.17, 15) is 8.78 Å². The van der Waals surface area contributed by atoms with Gasteiger partial charge in [-0.3, -0.25) is 0 Å². The van der Waals surface area contributed by atoms with Gasteiger partial charge in [-0.1, -0.05) is 6.07 Å². The van der Waals surface area contributed by atoms with E-state index in [4.69, 9.17) is 5.11 Å². The van der Waals surface area contributed by atoms with Crippen molar-refractivity contribution in [1.82, 2.24) is 0 Å². The lowest BCUT2D eigenvalue weighted by atomic mass is 10.0. The molecule has 0 radical (unpaired) electrons. The Labute approximate surface area is 93.5 Å². The van der Waals surface area contributed by atoms with Gasteiger partial charge in [0.25, 0.3) is 5.92 Å². The first-order valence-corrected chi connectivity index (χ1v) is 5.45. The predicted molar refractivity (Wildman–Crippen MR) is 59.0 cm³/mol. The van der Waals surface area contributed by atoms with Gasteiger partial charge in [0, 0.05) is 24.3 Å². The lowest BCUT2D eigenvalue weighted by Crippen LogP contribution is -2.20. The van der Waals surface area contributed by atoms with Crippen molar-refractivity contribution in [2.75, 3.05) is 24.6 Å². The van der Waals surface area contributed by atoms with Gasteiger partial charge < -0.3 is 10.0 Å². The lowest BCUT2D eigenvalue weighted by molar-refractivity contribution is -0.0556. The molecule has 0 bridgehead atoms. The van der Waals surface area contributed by atoms with E-state index >= 15 is 0 Å². The molecule has 0 saturated carbocycles. The Morgan fingerprint density at radius 1 is 1.44 bits per heavy atom. The molecule has 2 nitrogen and oxygen atoms in total. The van der Waals surface area contributed by atoms with Crippen LogP contribution in [-0.4, -0.2) is 24.8 Å². The number of nitrogens with zero attached hydrogens (tertiary/aromatic N) is 1. The zero-order chi connectivity index (χ0) is 11.8. The molecule has 16 heavy (non-hydrogen) atoms. The zero-order valence-corrected chi connectivity index (χ0v) is 9.21. The minimum Gasteiger partial charge on any atom is -0.390 e. The van der Waals surface area contributed by atoms with E-state index in [1.54, 1.807) is 6.07 Å². The number of aliphatic hydroxyl groups excluding tert-OH is 1. The third-order valence-corrected chi connectivity index (χ3v) is 3.07. The van der Waals surface area contributed by atoms with Crippen molar-refractivity contribution in [2.24, 2.45) is 0 Å². The molecule has 4 heteroatoms. The molecular formula is C12H15F2NO. The smallest absolute Gasteiger partial charge is 0.295 e. The molecule has 0 saturated heterocycles. The molecule has 88 valence electrons. The topological polar surface area (TPSA) is 23.5 Å². The molecule has 0 fully saturated rings. The molecule has 1 aliphatic rings. The summed E-state index contributed by atoms with van der Waals surface area (Å²) in [5.74, 6) is -3.13. The van der Waals surface area contributed by atoms with Gasteiger partial charge in [-0.2, -0.15) is 8.78 Å². The second-order valence-electron chi connectivity index (χ2n) is 4.04. The van der Waals surface area contributed by atoms with E-state index in [1.807, 2.05) is 6.92 Å². The molecule has 0 spiro atoms. The fraction of sp³-hybridized carbons (Fsp3) is 0.500. The van der Waals surface area contributed by atoms with Gasteiger partial charge in [0.1, 0.15) is 6.61 Å². The zero-order valence-electron chi connectivity index (χ0n) is 9.21. The number of likely N-dealkylation sites (N-methyl/N-ethyl adjacent to an activating group) is 1. The average molecular weight is 227 g/mol. The standard InChI is InChI=1S/C12H15F2NO/c1-2-15-6-5-9-7-10(3-4-11(9)15)12(13,14)8-16/h3-4,7,16H,2,5-6,8H2,1H3. The Balaban J connectivity index is 2.35. The summed E-state index contributed by atoms with van der Waals surface area (Å²) in [7, 11) is 0. The van der Waals surface area contributed by atoms with Crippen molar-refractivity contribution in [1.29, 1.82) is 0 Å². The first-order valence-electron chi connectivity index (χ1n) is 5.45. The van der Waals surface area contributed by atoms with Crippen molar-refractivity contribution in [3.8, 4) is 0 Å². The Morgan fingerprint density at radius 3 is 2.81 bits per heavy atom. The van der Waals surface area contributed by atoms with Crippen LogP contribution in [-0.2, 0) is 12.3 Å². The van der Waals surface area contributed by atoms with Crippen molar-refractivity contribution in [3.05, 3.63) is 29.3 Å². The number of hydrogen-bond donors (Lipinski definition) is 1. The maximum absolute atomic E-state index is 13.3. The van der Waals surface area contributed by atoms with E-state index in [0.29, 0.717) is 0 Å². The number of alkyl halides is 2. The minimum atomic E-state index is -3.13. The highest BCUT2D eigenvalue weighted by molar-refractivity contribution is 5.59. The number of aliphatic hydroxyl groups is 1. The van der Waals surface area contributed by atoms with Crippen LogP contribution in [0.5, 0.6) is 0 Å². The van der Waals surface area contributed by atoms with Crippen molar-refractivity contribution in [3.63, 3.8) is 0 Å². The van der Waals surface area contributed by atoms with Crippen molar-refractivity contribution >= 4 is 5.69 Å². The van der Waals surface area contributed by atoms with Crippen LogP contribution < -0.4 is 4.90 Å². The number of fused-ring (bicyclic) bond motifs is 1. The van der Waals surface area contributed by atoms with Gasteiger partial charge in [0.05, 0.1) is 0 Å². The molecule has 1 N–H and O–H groups in total. The Hall–Kier alpha value is -1.16. The normalized spacial score (nSPS) is 15.4. The molecule has 0 atom stereocenters. The summed E-state index contributed by atoms with van der Waals surface area (Å²) < 4.78 is 26.5. The molecule has 2 rings (SSSR count). The highest BCUT2D eigenvalue weighted by Gasteiger charge is 2.32. The molecule has 0 amide bonds. The average Bonchev–Trinajstić information content (AvgIpc) is 2.70. The Morgan fingerprint density at radius 2 is 2.19 bits per heavy atom. The highest BCUT2D eigenvalue weighted by Crippen LogP contribution is 2.34. The number of benzene rings is 1. The van der Waals surface area contributed by atoms with E-state index < -0.39 is 12.5 Å². The second kappa shape index (κ2) is 4.01. The van der Waals surface area contributed by atoms with Gasteiger partial charge in [-0.25, -0.2) is 0 Å². The number of halogens is 2. The van der Waals surface area contributed by atoms with Gasteiger partial charge in [0.15, 0.2) is 0 Å². The number of hydrogen-bond acceptors (Lipinski definition) is 2. The predicted octanol–water partition coefficient (Wildman–Crippen LogP) is 2.15. The van der Waals surface area contributed by atoms with Crippen LogP contribution in [0.2, 0.25) is 0 Å². The van der Waals surface area contributed by atoms with Gasteiger partial charge in [0.2, 0.25) is 0 Å². The fourth-order valence-corrected chi connectivity index (χ4v) is 2.12. The molecule has 1 aromatic carbocycles. The summed E-state index contributed by atoms with van der Waals surface area (Å²) in [6, 6.07) is 4.65. The molecule has 1 aromatic rings. The fourth-order valence-electron chi connectivity index (χ4n) is 2.12. The summed E-state index contributed by atoms with van der Waals surface area (Å²) in [6.07, 6.45) is 0.804. The van der Waals surface area contributed by atoms with Gasteiger partial charge in [-0.15, -0.1) is 0 Å². The minimum absolute atomic E-state index is 0.0910. The van der Waals surface area contributed by atoms with E-state index in [-0.39, 0.29) is 5.56 Å². The van der Waals surface area contributed by atoms with Crippen molar-refractivity contribution < 1.29 is 13.9 Å². The van der Waals surface area contributed by atoms with Crippen LogP contribution in [0, 0.1) is 0 Å². The summed E-state index contributed by atoms with van der Waals surface area (Å²) in [5, 5.41) is 8.63. The van der Waals surface area contributed by atoms with E-state index in [0.717, 1.165) is 30.8 Å². The number of anilines is 1. The maximum Gasteiger partial charge on any atom is 0.295 e. The third kappa shape index (κ3) is 1.78. The highest BCUT2D eigenvalue weighted by atomic mass is 19.3. The molecule has 0 aliphatic carbocycles. The molecular weight excluding hydrogens is 212 g/mol. The Kier molecular flexibility index (Phi) is 2.84. The third-order valence-electron chi connectivity index (χ3n) is 3.07. The summed E-state index contributed by atoms with van der Waals surface area (Å²) in [6.45, 7) is 2.69. The first kappa shape index (κ1) is 11.3. The van der Waals surface area contributed by atoms with Gasteiger partial charge >= 0.3 is 0 Å². The van der Waals surface area contributed by atoms with Gasteiger partial charge in [-0.05, 0) is 31.0 Å². The van der Waals surface area contributed by atoms with Crippen LogP contribution in [0.15, 0.2) is 18.2 Å². The molecule has 1 aliphatic heterocycles. The second-order valence-corrected chi connectivity index (χ2v) is 4.04. The van der Waals surface area contributed by atoms with E-state index in [1.165, 1.54) is 12.1 Å². The molecule has 0 unspecified atom stereocenters. The Bertz CT molecular complexity index is 393. The van der Waals surface area contributed by atoms with Crippen LogP contribution in [0.3, 0.4) is 0 Å². The van der Waals surface area contributed by atoms with Crippen molar-refractivity contribution in [2.45, 2.75) is 19.3 Å². The lowest BCUT2D eigenvalue weighted by Gasteiger charge is -2.18. The van der Waals surface area contributed by atoms with E-state index in [2.05, 4.69) is 4.90 Å². The van der Waals surface area contributed by atoms with Crippen LogP contribution in [0.4, 0.5) is 14.5 Å². The van der Waals surface area contributed by atoms with Crippen LogP contribution >= 0.6 is 0 Å². The SMILES string of the molecule is CCN1CCc2cc(C(F)(F)CO)ccc21. The summed E-state index contributed by atoms with van der Waals surface area (Å²) in [4.78, 5) is 2.16.